The smallest absolute Gasteiger partial charge is 0.115 e. The fourth-order valence-corrected chi connectivity index (χ4v) is 2.55. The van der Waals surface area contributed by atoms with E-state index in [9.17, 15) is 0 Å². The first-order valence-electron chi connectivity index (χ1n) is 6.68. The number of nitrogens with zero attached hydrogens (tertiary/aromatic N) is 3. The van der Waals surface area contributed by atoms with Crippen LogP contribution in [0.3, 0.4) is 0 Å². The van der Waals surface area contributed by atoms with E-state index in [1.165, 1.54) is 12.0 Å². The summed E-state index contributed by atoms with van der Waals surface area (Å²) in [6.07, 6.45) is 6.38. The van der Waals surface area contributed by atoms with Crippen LogP contribution in [-0.4, -0.2) is 34.0 Å². The van der Waals surface area contributed by atoms with Crippen molar-refractivity contribution in [2.75, 3.05) is 18.4 Å². The fourth-order valence-electron chi connectivity index (χ4n) is 2.55. The maximum atomic E-state index is 4.03. The van der Waals surface area contributed by atoms with Gasteiger partial charge in [0.15, 0.2) is 0 Å². The second kappa shape index (κ2) is 5.80. The first kappa shape index (κ1) is 12.1. The first-order valence-corrected chi connectivity index (χ1v) is 6.68. The van der Waals surface area contributed by atoms with Crippen molar-refractivity contribution < 1.29 is 0 Å². The Morgan fingerprint density at radius 3 is 2.74 bits per heavy atom. The highest BCUT2D eigenvalue weighted by Gasteiger charge is 2.22. The van der Waals surface area contributed by atoms with E-state index < -0.39 is 0 Å². The normalized spacial score (nSPS) is 19.5. The van der Waals surface area contributed by atoms with Crippen LogP contribution in [0.5, 0.6) is 0 Å². The number of hydrogen-bond acceptors (Lipinski definition) is 4. The molecule has 2 aromatic rings. The molecule has 1 atom stereocenters. The number of benzene rings is 1. The number of aromatic nitrogens is 2. The van der Waals surface area contributed by atoms with Gasteiger partial charge in [0, 0.05) is 25.7 Å². The van der Waals surface area contributed by atoms with Crippen molar-refractivity contribution in [3.8, 4) is 0 Å². The Morgan fingerprint density at radius 2 is 1.95 bits per heavy atom. The van der Waals surface area contributed by atoms with Gasteiger partial charge in [-0.1, -0.05) is 30.3 Å². The third-order valence-electron chi connectivity index (χ3n) is 3.45. The summed E-state index contributed by atoms with van der Waals surface area (Å²) in [6, 6.07) is 11.1. The molecule has 0 aliphatic carbocycles. The number of anilines is 1. The molecule has 1 aromatic heterocycles. The van der Waals surface area contributed by atoms with Crippen LogP contribution in [0.2, 0.25) is 0 Å². The van der Waals surface area contributed by atoms with Crippen molar-refractivity contribution in [3.05, 3.63) is 54.6 Å². The van der Waals surface area contributed by atoms with Crippen molar-refractivity contribution in [3.63, 3.8) is 0 Å². The van der Waals surface area contributed by atoms with Gasteiger partial charge < -0.3 is 5.32 Å². The van der Waals surface area contributed by atoms with Crippen molar-refractivity contribution in [2.45, 2.75) is 19.0 Å². The van der Waals surface area contributed by atoms with Gasteiger partial charge in [-0.25, -0.2) is 9.97 Å². The number of hydrogen-bond donors (Lipinski definition) is 1. The Bertz CT molecular complexity index is 453. The minimum absolute atomic E-state index is 0.495. The van der Waals surface area contributed by atoms with Gasteiger partial charge in [-0.2, -0.15) is 0 Å². The van der Waals surface area contributed by atoms with Gasteiger partial charge in [0.25, 0.3) is 0 Å². The van der Waals surface area contributed by atoms with Crippen LogP contribution in [0, 0.1) is 0 Å². The van der Waals surface area contributed by atoms with Gasteiger partial charge in [-0.15, -0.1) is 0 Å². The lowest BCUT2D eigenvalue weighted by molar-refractivity contribution is 0.328. The Morgan fingerprint density at radius 1 is 1.16 bits per heavy atom. The predicted molar refractivity (Wildman–Crippen MR) is 75.8 cm³/mol. The minimum atomic E-state index is 0.495. The molecule has 4 heteroatoms. The monoisotopic (exact) mass is 254 g/mol. The molecule has 3 rings (SSSR count). The zero-order chi connectivity index (χ0) is 12.9. The Hall–Kier alpha value is -1.94. The third kappa shape index (κ3) is 3.29. The summed E-state index contributed by atoms with van der Waals surface area (Å²) >= 11 is 0. The second-order valence-electron chi connectivity index (χ2n) is 4.98. The van der Waals surface area contributed by atoms with Crippen LogP contribution in [-0.2, 0) is 6.54 Å². The maximum Gasteiger partial charge on any atom is 0.115 e. The zero-order valence-corrected chi connectivity index (χ0v) is 10.9. The van der Waals surface area contributed by atoms with Gasteiger partial charge >= 0.3 is 0 Å². The molecule has 0 saturated carbocycles. The van der Waals surface area contributed by atoms with E-state index in [-0.39, 0.29) is 0 Å². The van der Waals surface area contributed by atoms with E-state index in [0.717, 1.165) is 25.3 Å². The lowest BCUT2D eigenvalue weighted by Crippen LogP contribution is -2.26. The molecular weight excluding hydrogens is 236 g/mol. The van der Waals surface area contributed by atoms with Crippen molar-refractivity contribution in [1.29, 1.82) is 0 Å². The Labute approximate surface area is 113 Å². The molecule has 1 fully saturated rings. The van der Waals surface area contributed by atoms with E-state index in [4.69, 9.17) is 0 Å². The van der Waals surface area contributed by atoms with Crippen molar-refractivity contribution in [2.24, 2.45) is 0 Å². The van der Waals surface area contributed by atoms with Crippen molar-refractivity contribution in [1.82, 2.24) is 14.9 Å². The standard InChI is InChI=1S/C15H18N4/c1-2-4-13(5-3-1)10-19-7-6-14(11-19)18-15-8-16-12-17-9-15/h1-5,8-9,12,14,18H,6-7,10-11H2. The van der Waals surface area contributed by atoms with E-state index in [0.29, 0.717) is 6.04 Å². The summed E-state index contributed by atoms with van der Waals surface area (Å²) in [6.45, 7) is 3.24. The molecule has 0 spiro atoms. The molecule has 1 N–H and O–H groups in total. The zero-order valence-electron chi connectivity index (χ0n) is 10.9. The highest BCUT2D eigenvalue weighted by Crippen LogP contribution is 2.16. The highest BCUT2D eigenvalue weighted by molar-refractivity contribution is 5.38. The molecule has 0 bridgehead atoms. The molecule has 19 heavy (non-hydrogen) atoms. The van der Waals surface area contributed by atoms with E-state index in [2.05, 4.69) is 50.5 Å². The lowest BCUT2D eigenvalue weighted by atomic mass is 10.2. The number of rotatable bonds is 4. The second-order valence-corrected chi connectivity index (χ2v) is 4.98. The van der Waals surface area contributed by atoms with Crippen LogP contribution in [0.4, 0.5) is 5.69 Å². The molecule has 2 heterocycles. The molecule has 0 amide bonds. The predicted octanol–water partition coefficient (Wildman–Crippen LogP) is 2.16. The molecule has 4 nitrogen and oxygen atoms in total. The van der Waals surface area contributed by atoms with E-state index in [1.807, 2.05) is 12.4 Å². The SMILES string of the molecule is c1ccc(CN2CCC(Nc3cncnc3)C2)cc1. The van der Waals surface area contributed by atoms with Gasteiger partial charge in [-0.05, 0) is 12.0 Å². The molecule has 0 radical (unpaired) electrons. The summed E-state index contributed by atoms with van der Waals surface area (Å²) < 4.78 is 0. The molecule has 1 saturated heterocycles. The summed E-state index contributed by atoms with van der Waals surface area (Å²) in [7, 11) is 0. The average Bonchev–Trinajstić information content (AvgIpc) is 2.88. The topological polar surface area (TPSA) is 41.0 Å². The third-order valence-corrected chi connectivity index (χ3v) is 3.45. The quantitative estimate of drug-likeness (QED) is 0.908. The van der Waals surface area contributed by atoms with Gasteiger partial charge in [0.1, 0.15) is 6.33 Å². The van der Waals surface area contributed by atoms with Gasteiger partial charge in [-0.3, -0.25) is 4.90 Å². The largest absolute Gasteiger partial charge is 0.378 e. The Kier molecular flexibility index (Phi) is 3.70. The highest BCUT2D eigenvalue weighted by atomic mass is 15.2. The van der Waals surface area contributed by atoms with Crippen LogP contribution in [0.1, 0.15) is 12.0 Å². The molecule has 1 unspecified atom stereocenters. The molecule has 1 aliphatic heterocycles. The summed E-state index contributed by atoms with van der Waals surface area (Å²) in [5.41, 5.74) is 2.39. The summed E-state index contributed by atoms with van der Waals surface area (Å²) in [5.74, 6) is 0. The average molecular weight is 254 g/mol. The van der Waals surface area contributed by atoms with Crippen LogP contribution in [0.25, 0.3) is 0 Å². The first-order chi connectivity index (χ1) is 9.40. The maximum absolute atomic E-state index is 4.03. The minimum Gasteiger partial charge on any atom is -0.378 e. The Balaban J connectivity index is 1.53. The van der Waals surface area contributed by atoms with E-state index in [1.54, 1.807) is 6.33 Å². The summed E-state index contributed by atoms with van der Waals surface area (Å²) in [4.78, 5) is 10.5. The number of likely N-dealkylation sites (tertiary alicyclic amines) is 1. The lowest BCUT2D eigenvalue weighted by Gasteiger charge is -2.17. The van der Waals surface area contributed by atoms with Gasteiger partial charge in [0.05, 0.1) is 18.1 Å². The van der Waals surface area contributed by atoms with Gasteiger partial charge in [0.2, 0.25) is 0 Å². The van der Waals surface area contributed by atoms with E-state index >= 15 is 0 Å². The van der Waals surface area contributed by atoms with Crippen molar-refractivity contribution >= 4 is 5.69 Å². The van der Waals surface area contributed by atoms with Crippen LogP contribution < -0.4 is 5.32 Å². The molecule has 1 aliphatic rings. The summed E-state index contributed by atoms with van der Waals surface area (Å²) in [5, 5.41) is 3.49. The molecular formula is C15H18N4. The fraction of sp³-hybridized carbons (Fsp3) is 0.333. The molecule has 98 valence electrons. The molecule has 1 aromatic carbocycles. The van der Waals surface area contributed by atoms with Crippen LogP contribution >= 0.6 is 0 Å². The number of nitrogens with one attached hydrogen (secondary N) is 1. The van der Waals surface area contributed by atoms with Crippen LogP contribution in [0.15, 0.2) is 49.1 Å².